The van der Waals surface area contributed by atoms with E-state index in [9.17, 15) is 4.79 Å². The van der Waals surface area contributed by atoms with E-state index in [-0.39, 0.29) is 12.1 Å². The first-order chi connectivity index (χ1) is 8.62. The standard InChI is InChI=1S/C14H21BrN2O/c1-4-13(17(5-2)6-3)16-14(18)11-8-7-9-12(15)10-11/h7-10,13H,4-6H2,1-3H3,(H,16,18). The van der Waals surface area contributed by atoms with E-state index in [1.54, 1.807) is 0 Å². The summed E-state index contributed by atoms with van der Waals surface area (Å²) in [5.74, 6) is -0.0185. The fourth-order valence-electron chi connectivity index (χ4n) is 1.98. The smallest absolute Gasteiger partial charge is 0.252 e. The number of hydrogen-bond donors (Lipinski definition) is 1. The Hall–Kier alpha value is -0.870. The van der Waals surface area contributed by atoms with Crippen molar-refractivity contribution in [3.63, 3.8) is 0 Å². The number of nitrogens with zero attached hydrogens (tertiary/aromatic N) is 1. The average molecular weight is 313 g/mol. The first-order valence-electron chi connectivity index (χ1n) is 6.42. The molecular formula is C14H21BrN2O. The van der Waals surface area contributed by atoms with Crippen molar-refractivity contribution in [1.82, 2.24) is 10.2 Å². The minimum absolute atomic E-state index is 0.0185. The van der Waals surface area contributed by atoms with E-state index in [1.165, 1.54) is 0 Å². The minimum Gasteiger partial charge on any atom is -0.337 e. The normalized spacial score (nSPS) is 12.5. The van der Waals surface area contributed by atoms with Crippen molar-refractivity contribution in [2.24, 2.45) is 0 Å². The van der Waals surface area contributed by atoms with Gasteiger partial charge in [-0.15, -0.1) is 0 Å². The van der Waals surface area contributed by atoms with Gasteiger partial charge in [0.05, 0.1) is 6.17 Å². The lowest BCUT2D eigenvalue weighted by Gasteiger charge is -2.29. The molecule has 0 aliphatic heterocycles. The maximum absolute atomic E-state index is 12.1. The number of rotatable bonds is 6. The van der Waals surface area contributed by atoms with E-state index in [1.807, 2.05) is 24.3 Å². The molecule has 0 aromatic heterocycles. The van der Waals surface area contributed by atoms with Gasteiger partial charge < -0.3 is 5.32 Å². The third kappa shape index (κ3) is 4.10. The molecule has 4 heteroatoms. The van der Waals surface area contributed by atoms with Crippen molar-refractivity contribution in [3.05, 3.63) is 34.3 Å². The van der Waals surface area contributed by atoms with Gasteiger partial charge in [0, 0.05) is 10.0 Å². The van der Waals surface area contributed by atoms with E-state index < -0.39 is 0 Å². The van der Waals surface area contributed by atoms with Crippen LogP contribution in [0.1, 0.15) is 37.6 Å². The molecule has 0 bridgehead atoms. The van der Waals surface area contributed by atoms with Gasteiger partial charge in [0.25, 0.3) is 5.91 Å². The Morgan fingerprint density at radius 3 is 2.50 bits per heavy atom. The van der Waals surface area contributed by atoms with Gasteiger partial charge in [0.15, 0.2) is 0 Å². The molecule has 1 rings (SSSR count). The maximum atomic E-state index is 12.1. The highest BCUT2D eigenvalue weighted by Gasteiger charge is 2.16. The van der Waals surface area contributed by atoms with Crippen LogP contribution in [0.2, 0.25) is 0 Å². The van der Waals surface area contributed by atoms with Crippen molar-refractivity contribution in [1.29, 1.82) is 0 Å². The first-order valence-corrected chi connectivity index (χ1v) is 7.22. The largest absolute Gasteiger partial charge is 0.337 e. The zero-order chi connectivity index (χ0) is 13.5. The Labute approximate surface area is 118 Å². The Balaban J connectivity index is 2.73. The number of hydrogen-bond acceptors (Lipinski definition) is 2. The molecule has 0 aliphatic carbocycles. The van der Waals surface area contributed by atoms with Crippen LogP contribution in [-0.4, -0.2) is 30.1 Å². The number of carbonyl (C=O) groups excluding carboxylic acids is 1. The van der Waals surface area contributed by atoms with E-state index in [0.717, 1.165) is 24.0 Å². The van der Waals surface area contributed by atoms with Gasteiger partial charge in [-0.05, 0) is 37.7 Å². The average Bonchev–Trinajstić information content (AvgIpc) is 2.38. The Morgan fingerprint density at radius 2 is 2.00 bits per heavy atom. The molecule has 3 nitrogen and oxygen atoms in total. The third-order valence-electron chi connectivity index (χ3n) is 3.02. The van der Waals surface area contributed by atoms with E-state index in [4.69, 9.17) is 0 Å². The summed E-state index contributed by atoms with van der Waals surface area (Å²) >= 11 is 3.38. The molecule has 0 saturated carbocycles. The van der Waals surface area contributed by atoms with Crippen molar-refractivity contribution in [2.75, 3.05) is 13.1 Å². The highest BCUT2D eigenvalue weighted by atomic mass is 79.9. The topological polar surface area (TPSA) is 32.3 Å². The van der Waals surface area contributed by atoms with Gasteiger partial charge >= 0.3 is 0 Å². The summed E-state index contributed by atoms with van der Waals surface area (Å²) < 4.78 is 0.922. The summed E-state index contributed by atoms with van der Waals surface area (Å²) in [5, 5.41) is 3.08. The van der Waals surface area contributed by atoms with Crippen molar-refractivity contribution >= 4 is 21.8 Å². The molecule has 1 aromatic rings. The van der Waals surface area contributed by atoms with Crippen LogP contribution in [0.4, 0.5) is 0 Å². The Kier molecular flexibility index (Phi) is 6.36. The molecule has 0 aliphatic rings. The number of carbonyl (C=O) groups is 1. The zero-order valence-electron chi connectivity index (χ0n) is 11.2. The monoisotopic (exact) mass is 312 g/mol. The summed E-state index contributed by atoms with van der Waals surface area (Å²) in [7, 11) is 0. The van der Waals surface area contributed by atoms with Crippen LogP contribution in [0.25, 0.3) is 0 Å². The molecule has 0 fully saturated rings. The molecule has 0 spiro atoms. The second-order valence-electron chi connectivity index (χ2n) is 4.13. The summed E-state index contributed by atoms with van der Waals surface area (Å²) in [6.07, 6.45) is 1.01. The predicted octanol–water partition coefficient (Wildman–Crippen LogP) is 3.26. The lowest BCUT2D eigenvalue weighted by molar-refractivity contribution is 0.0854. The number of amides is 1. The molecule has 0 radical (unpaired) electrons. The number of nitrogens with one attached hydrogen (secondary N) is 1. The second-order valence-corrected chi connectivity index (χ2v) is 5.04. The summed E-state index contributed by atoms with van der Waals surface area (Å²) in [6, 6.07) is 7.45. The van der Waals surface area contributed by atoms with Crippen LogP contribution >= 0.6 is 15.9 Å². The lowest BCUT2D eigenvalue weighted by Crippen LogP contribution is -2.47. The van der Waals surface area contributed by atoms with E-state index in [2.05, 4.69) is 46.9 Å². The summed E-state index contributed by atoms with van der Waals surface area (Å²) in [5.41, 5.74) is 0.690. The molecule has 1 N–H and O–H groups in total. The first kappa shape index (κ1) is 15.2. The van der Waals surface area contributed by atoms with Gasteiger partial charge in [-0.25, -0.2) is 0 Å². The van der Waals surface area contributed by atoms with E-state index >= 15 is 0 Å². The molecule has 18 heavy (non-hydrogen) atoms. The predicted molar refractivity (Wildman–Crippen MR) is 78.6 cm³/mol. The zero-order valence-corrected chi connectivity index (χ0v) is 12.8. The maximum Gasteiger partial charge on any atom is 0.252 e. The number of halogens is 1. The molecule has 0 heterocycles. The fraction of sp³-hybridized carbons (Fsp3) is 0.500. The molecular weight excluding hydrogens is 292 g/mol. The highest BCUT2D eigenvalue weighted by Crippen LogP contribution is 2.12. The summed E-state index contributed by atoms with van der Waals surface area (Å²) in [4.78, 5) is 14.4. The van der Waals surface area contributed by atoms with Crippen LogP contribution in [-0.2, 0) is 0 Å². The van der Waals surface area contributed by atoms with Gasteiger partial charge in [-0.3, -0.25) is 9.69 Å². The van der Waals surface area contributed by atoms with Gasteiger partial charge in [0.1, 0.15) is 0 Å². The molecule has 0 saturated heterocycles. The van der Waals surface area contributed by atoms with Crippen molar-refractivity contribution < 1.29 is 4.79 Å². The lowest BCUT2D eigenvalue weighted by atomic mass is 10.2. The van der Waals surface area contributed by atoms with Crippen LogP contribution in [0.3, 0.4) is 0 Å². The molecule has 1 aromatic carbocycles. The summed E-state index contributed by atoms with van der Waals surface area (Å²) in [6.45, 7) is 8.18. The SMILES string of the molecule is CCC(NC(=O)c1cccc(Br)c1)N(CC)CC. The molecule has 1 unspecified atom stereocenters. The van der Waals surface area contributed by atoms with Crippen molar-refractivity contribution in [3.8, 4) is 0 Å². The van der Waals surface area contributed by atoms with E-state index in [0.29, 0.717) is 5.56 Å². The van der Waals surface area contributed by atoms with Gasteiger partial charge in [-0.1, -0.05) is 42.8 Å². The third-order valence-corrected chi connectivity index (χ3v) is 3.52. The molecule has 100 valence electrons. The van der Waals surface area contributed by atoms with Crippen LogP contribution in [0.5, 0.6) is 0 Å². The van der Waals surface area contributed by atoms with Crippen LogP contribution < -0.4 is 5.32 Å². The van der Waals surface area contributed by atoms with Crippen LogP contribution in [0, 0.1) is 0 Å². The van der Waals surface area contributed by atoms with Gasteiger partial charge in [-0.2, -0.15) is 0 Å². The molecule has 1 amide bonds. The minimum atomic E-state index is -0.0185. The second kappa shape index (κ2) is 7.54. The fourth-order valence-corrected chi connectivity index (χ4v) is 2.38. The van der Waals surface area contributed by atoms with Crippen molar-refractivity contribution in [2.45, 2.75) is 33.4 Å². The quantitative estimate of drug-likeness (QED) is 0.818. The Bertz CT molecular complexity index is 391. The highest BCUT2D eigenvalue weighted by molar-refractivity contribution is 9.10. The Morgan fingerprint density at radius 1 is 1.33 bits per heavy atom. The number of benzene rings is 1. The van der Waals surface area contributed by atoms with Crippen LogP contribution in [0.15, 0.2) is 28.7 Å². The van der Waals surface area contributed by atoms with Gasteiger partial charge in [0.2, 0.25) is 0 Å². The molecule has 1 atom stereocenters.